The van der Waals surface area contributed by atoms with Crippen LogP contribution in [0.25, 0.3) is 0 Å². The van der Waals surface area contributed by atoms with Gasteiger partial charge in [-0.25, -0.2) is 17.5 Å². The molecule has 0 fully saturated rings. The van der Waals surface area contributed by atoms with Gasteiger partial charge in [0.1, 0.15) is 10.7 Å². The lowest BCUT2D eigenvalue weighted by atomic mass is 10.2. The van der Waals surface area contributed by atoms with Crippen LogP contribution in [-0.4, -0.2) is 15.5 Å². The molecule has 4 nitrogen and oxygen atoms in total. The highest BCUT2D eigenvalue weighted by molar-refractivity contribution is 7.89. The van der Waals surface area contributed by atoms with Crippen LogP contribution < -0.4 is 10.0 Å². The minimum absolute atomic E-state index is 0.113. The molecule has 0 aromatic heterocycles. The van der Waals surface area contributed by atoms with Crippen LogP contribution in [0.3, 0.4) is 0 Å². The highest BCUT2D eigenvalue weighted by Crippen LogP contribution is 2.22. The number of para-hydroxylation sites is 1. The molecule has 0 radical (unpaired) electrons. The van der Waals surface area contributed by atoms with E-state index in [0.29, 0.717) is 16.3 Å². The Morgan fingerprint density at radius 1 is 1.19 bits per heavy atom. The monoisotopic (exact) mass is 328 g/mol. The van der Waals surface area contributed by atoms with Crippen molar-refractivity contribution in [1.29, 1.82) is 0 Å². The molecule has 0 saturated carbocycles. The molecule has 0 saturated heterocycles. The third-order valence-electron chi connectivity index (χ3n) is 2.93. The summed E-state index contributed by atoms with van der Waals surface area (Å²) in [5, 5.41) is 3.24. The van der Waals surface area contributed by atoms with Crippen LogP contribution in [0.1, 0.15) is 5.56 Å². The highest BCUT2D eigenvalue weighted by Gasteiger charge is 2.16. The van der Waals surface area contributed by atoms with E-state index in [4.69, 9.17) is 11.6 Å². The molecule has 0 bridgehead atoms. The Morgan fingerprint density at radius 3 is 2.57 bits per heavy atom. The van der Waals surface area contributed by atoms with Crippen LogP contribution in [0.5, 0.6) is 0 Å². The summed E-state index contributed by atoms with van der Waals surface area (Å²) in [4.78, 5) is 0.113. The van der Waals surface area contributed by atoms with Crippen molar-refractivity contribution in [2.75, 3.05) is 12.4 Å². The summed E-state index contributed by atoms with van der Waals surface area (Å²) in [5.74, 6) is -0.441. The van der Waals surface area contributed by atoms with Gasteiger partial charge >= 0.3 is 0 Å². The first-order valence-electron chi connectivity index (χ1n) is 6.14. The lowest BCUT2D eigenvalue weighted by Gasteiger charge is -2.12. The molecule has 2 rings (SSSR count). The van der Waals surface area contributed by atoms with Crippen molar-refractivity contribution in [3.63, 3.8) is 0 Å². The fourth-order valence-corrected chi connectivity index (χ4v) is 2.88. The topological polar surface area (TPSA) is 58.2 Å². The largest absolute Gasteiger partial charge is 0.380 e. The van der Waals surface area contributed by atoms with Gasteiger partial charge in [0.2, 0.25) is 10.0 Å². The van der Waals surface area contributed by atoms with Crippen molar-refractivity contribution in [3.05, 3.63) is 58.9 Å². The molecule has 2 aromatic rings. The van der Waals surface area contributed by atoms with Crippen LogP contribution in [0.15, 0.2) is 47.4 Å². The van der Waals surface area contributed by atoms with Gasteiger partial charge in [0.25, 0.3) is 0 Å². The van der Waals surface area contributed by atoms with Crippen molar-refractivity contribution >= 4 is 27.3 Å². The Bertz CT molecular complexity index is 750. The minimum Gasteiger partial charge on any atom is -0.380 e. The third-order valence-corrected chi connectivity index (χ3v) is 4.64. The number of halogens is 2. The summed E-state index contributed by atoms with van der Waals surface area (Å²) in [6.07, 6.45) is 0. The number of anilines is 1. The first kappa shape index (κ1) is 15.8. The van der Waals surface area contributed by atoms with E-state index in [1.165, 1.54) is 19.2 Å². The molecule has 0 aliphatic heterocycles. The highest BCUT2D eigenvalue weighted by atomic mass is 35.5. The number of sulfonamides is 1. The normalized spacial score (nSPS) is 11.4. The molecule has 0 amide bonds. The van der Waals surface area contributed by atoms with E-state index < -0.39 is 15.8 Å². The molecular weight excluding hydrogens is 315 g/mol. The summed E-state index contributed by atoms with van der Waals surface area (Å²) in [7, 11) is -2.24. The van der Waals surface area contributed by atoms with E-state index in [0.717, 1.165) is 0 Å². The third kappa shape index (κ3) is 3.72. The molecule has 2 aromatic carbocycles. The molecule has 7 heteroatoms. The van der Waals surface area contributed by atoms with Gasteiger partial charge in [-0.2, -0.15) is 0 Å². The standard InChI is InChI=1S/C14H14ClFN2O2S/c1-17-21(19,20)14-5-3-2-4-13(14)18-9-10-6-7-11(15)8-12(10)16/h2-8,17-18H,9H2,1H3. The van der Waals surface area contributed by atoms with Gasteiger partial charge in [-0.15, -0.1) is 0 Å². The van der Waals surface area contributed by atoms with Crippen molar-refractivity contribution in [2.45, 2.75) is 11.4 Å². The average molecular weight is 329 g/mol. The number of nitrogens with one attached hydrogen (secondary N) is 2. The molecule has 2 N–H and O–H groups in total. The van der Waals surface area contributed by atoms with Crippen LogP contribution in [0.2, 0.25) is 5.02 Å². The van der Waals surface area contributed by atoms with E-state index in [9.17, 15) is 12.8 Å². The van der Waals surface area contributed by atoms with Crippen molar-refractivity contribution in [1.82, 2.24) is 4.72 Å². The zero-order valence-corrected chi connectivity index (χ0v) is 12.8. The fourth-order valence-electron chi connectivity index (χ4n) is 1.81. The van der Waals surface area contributed by atoms with E-state index >= 15 is 0 Å². The number of rotatable bonds is 5. The molecular formula is C14H14ClFN2O2S. The van der Waals surface area contributed by atoms with Crippen molar-refractivity contribution in [3.8, 4) is 0 Å². The maximum absolute atomic E-state index is 13.7. The van der Waals surface area contributed by atoms with Gasteiger partial charge in [-0.3, -0.25) is 0 Å². The van der Waals surface area contributed by atoms with E-state index in [2.05, 4.69) is 10.0 Å². The second kappa shape index (κ2) is 6.43. The van der Waals surface area contributed by atoms with E-state index in [-0.39, 0.29) is 11.4 Å². The Morgan fingerprint density at radius 2 is 1.90 bits per heavy atom. The molecule has 0 spiro atoms. The quantitative estimate of drug-likeness (QED) is 0.887. The smallest absolute Gasteiger partial charge is 0.242 e. The van der Waals surface area contributed by atoms with Gasteiger partial charge < -0.3 is 5.32 Å². The zero-order chi connectivity index (χ0) is 15.5. The molecule has 0 aliphatic rings. The molecule has 0 heterocycles. The summed E-state index contributed by atoms with van der Waals surface area (Å²) in [6, 6.07) is 10.8. The van der Waals surface area contributed by atoms with Gasteiger partial charge in [0.15, 0.2) is 0 Å². The lowest BCUT2D eigenvalue weighted by molar-refractivity contribution is 0.588. The summed E-state index contributed by atoms with van der Waals surface area (Å²) < 4.78 is 39.8. The first-order valence-corrected chi connectivity index (χ1v) is 8.00. The zero-order valence-electron chi connectivity index (χ0n) is 11.2. The number of hydrogen-bond acceptors (Lipinski definition) is 3. The predicted octanol–water partition coefficient (Wildman–Crippen LogP) is 3.00. The van der Waals surface area contributed by atoms with E-state index in [1.54, 1.807) is 30.3 Å². The maximum Gasteiger partial charge on any atom is 0.242 e. The van der Waals surface area contributed by atoms with Gasteiger partial charge in [0, 0.05) is 17.1 Å². The summed E-state index contributed by atoms with van der Waals surface area (Å²) >= 11 is 5.69. The first-order chi connectivity index (χ1) is 9.94. The molecule has 0 unspecified atom stereocenters. The van der Waals surface area contributed by atoms with Gasteiger partial charge in [-0.05, 0) is 31.3 Å². The number of benzene rings is 2. The van der Waals surface area contributed by atoms with Crippen LogP contribution in [0, 0.1) is 5.82 Å². The lowest BCUT2D eigenvalue weighted by Crippen LogP contribution is -2.20. The number of hydrogen-bond donors (Lipinski definition) is 2. The fraction of sp³-hybridized carbons (Fsp3) is 0.143. The Hall–Kier alpha value is -1.63. The second-order valence-electron chi connectivity index (χ2n) is 4.29. The molecule has 21 heavy (non-hydrogen) atoms. The van der Waals surface area contributed by atoms with Crippen molar-refractivity contribution < 1.29 is 12.8 Å². The SMILES string of the molecule is CNS(=O)(=O)c1ccccc1NCc1ccc(Cl)cc1F. The van der Waals surface area contributed by atoms with Crippen molar-refractivity contribution in [2.24, 2.45) is 0 Å². The Balaban J connectivity index is 2.25. The average Bonchev–Trinajstić information content (AvgIpc) is 2.46. The molecule has 0 atom stereocenters. The van der Waals surface area contributed by atoms with Gasteiger partial charge in [-0.1, -0.05) is 29.8 Å². The van der Waals surface area contributed by atoms with Gasteiger partial charge in [0.05, 0.1) is 5.69 Å². The predicted molar refractivity (Wildman–Crippen MR) is 81.4 cm³/mol. The Kier molecular flexibility index (Phi) is 4.82. The maximum atomic E-state index is 13.7. The van der Waals surface area contributed by atoms with E-state index in [1.807, 2.05) is 0 Å². The van der Waals surface area contributed by atoms with Crippen LogP contribution in [-0.2, 0) is 16.6 Å². The second-order valence-corrected chi connectivity index (χ2v) is 6.58. The summed E-state index contributed by atoms with van der Waals surface area (Å²) in [5.41, 5.74) is 0.803. The summed E-state index contributed by atoms with van der Waals surface area (Å²) in [6.45, 7) is 0.152. The molecule has 112 valence electrons. The van der Waals surface area contributed by atoms with Crippen LogP contribution >= 0.6 is 11.6 Å². The van der Waals surface area contributed by atoms with Crippen LogP contribution in [0.4, 0.5) is 10.1 Å². The molecule has 0 aliphatic carbocycles. The Labute approximate surface area is 128 Å². The minimum atomic E-state index is -3.58.